The molecule has 0 aliphatic rings. The summed E-state index contributed by atoms with van der Waals surface area (Å²) in [5, 5.41) is 10.1. The number of carbonyl (C=O) groups excluding carboxylic acids is 1. The molecule has 4 aromatic rings. The van der Waals surface area contributed by atoms with E-state index in [-0.39, 0.29) is 5.91 Å². The molecular formula is C21H18N4O3S. The highest BCUT2D eigenvalue weighted by Gasteiger charge is 2.18. The maximum absolute atomic E-state index is 12.2. The fourth-order valence-corrected chi connectivity index (χ4v) is 3.68. The Labute approximate surface area is 171 Å². The van der Waals surface area contributed by atoms with E-state index >= 15 is 0 Å². The average Bonchev–Trinajstić information content (AvgIpc) is 3.39. The minimum absolute atomic E-state index is 0.0889. The van der Waals surface area contributed by atoms with Crippen molar-refractivity contribution in [1.29, 1.82) is 0 Å². The monoisotopic (exact) mass is 406 g/mol. The predicted octanol–water partition coefficient (Wildman–Crippen LogP) is 4.77. The van der Waals surface area contributed by atoms with Crippen LogP contribution >= 0.6 is 11.3 Å². The lowest BCUT2D eigenvalue weighted by Gasteiger charge is -2.18. The lowest BCUT2D eigenvalue weighted by molar-refractivity contribution is -0.115. The Morgan fingerprint density at radius 3 is 2.72 bits per heavy atom. The number of benzene rings is 2. The zero-order valence-corrected chi connectivity index (χ0v) is 16.7. The normalized spacial score (nSPS) is 10.7. The van der Waals surface area contributed by atoms with E-state index in [0.717, 1.165) is 22.5 Å². The van der Waals surface area contributed by atoms with E-state index in [1.54, 1.807) is 4.90 Å². The summed E-state index contributed by atoms with van der Waals surface area (Å²) >= 11 is 1.41. The van der Waals surface area contributed by atoms with Gasteiger partial charge in [0.05, 0.1) is 11.4 Å². The van der Waals surface area contributed by atoms with Crippen LogP contribution in [0.4, 0.5) is 10.8 Å². The molecule has 0 aliphatic heterocycles. The third-order valence-electron chi connectivity index (χ3n) is 4.15. The molecule has 0 N–H and O–H groups in total. The Morgan fingerprint density at radius 2 is 2.03 bits per heavy atom. The standard InChI is InChI=1S/C21H18N4O3S/c1-14-4-3-5-18(10-14)25(15(2)26)21-23-17(12-29-21)11-27-19-8-6-16(7-9-19)20-24-22-13-28-20/h3-10,12-13H,11H2,1-2H3. The molecule has 2 aromatic carbocycles. The van der Waals surface area contributed by atoms with Crippen molar-refractivity contribution in [3.8, 4) is 17.2 Å². The molecule has 1 amide bonds. The Morgan fingerprint density at radius 1 is 1.21 bits per heavy atom. The van der Waals surface area contributed by atoms with Gasteiger partial charge in [-0.05, 0) is 48.9 Å². The molecule has 0 spiro atoms. The quantitative estimate of drug-likeness (QED) is 0.459. The second-order valence-electron chi connectivity index (χ2n) is 6.37. The maximum Gasteiger partial charge on any atom is 0.247 e. The predicted molar refractivity (Wildman–Crippen MR) is 110 cm³/mol. The first kappa shape index (κ1) is 18.8. The number of hydrogen-bond acceptors (Lipinski definition) is 7. The first-order valence-corrected chi connectivity index (χ1v) is 9.79. The minimum Gasteiger partial charge on any atom is -0.487 e. The third kappa shape index (κ3) is 4.33. The number of nitrogens with zero attached hydrogens (tertiary/aromatic N) is 4. The molecule has 0 fully saturated rings. The highest BCUT2D eigenvalue weighted by atomic mass is 32.1. The molecule has 0 saturated carbocycles. The summed E-state index contributed by atoms with van der Waals surface area (Å²) < 4.78 is 11.0. The lowest BCUT2D eigenvalue weighted by atomic mass is 10.2. The number of aryl methyl sites for hydroxylation is 1. The fourth-order valence-electron chi connectivity index (χ4n) is 2.81. The SMILES string of the molecule is CC(=O)N(c1cccc(C)c1)c1nc(COc2ccc(-c3nnco3)cc2)cs1. The summed E-state index contributed by atoms with van der Waals surface area (Å²) in [7, 11) is 0. The number of amides is 1. The summed E-state index contributed by atoms with van der Waals surface area (Å²) in [5.74, 6) is 1.07. The molecular weight excluding hydrogens is 388 g/mol. The molecule has 0 unspecified atom stereocenters. The van der Waals surface area contributed by atoms with Crippen LogP contribution in [0.25, 0.3) is 11.5 Å². The molecule has 0 atom stereocenters. The number of ether oxygens (including phenoxy) is 1. The molecule has 2 heterocycles. The Balaban J connectivity index is 1.45. The van der Waals surface area contributed by atoms with Crippen molar-refractivity contribution in [2.45, 2.75) is 20.5 Å². The van der Waals surface area contributed by atoms with Crippen molar-refractivity contribution in [3.05, 3.63) is 71.6 Å². The molecule has 8 heteroatoms. The van der Waals surface area contributed by atoms with Gasteiger partial charge in [0.1, 0.15) is 12.4 Å². The number of anilines is 2. The lowest BCUT2D eigenvalue weighted by Crippen LogP contribution is -2.22. The van der Waals surface area contributed by atoms with Crippen LogP contribution in [-0.4, -0.2) is 21.1 Å². The summed E-state index contributed by atoms with van der Waals surface area (Å²) in [6.07, 6.45) is 1.29. The maximum atomic E-state index is 12.2. The van der Waals surface area contributed by atoms with Gasteiger partial charge >= 0.3 is 0 Å². The van der Waals surface area contributed by atoms with Crippen molar-refractivity contribution in [2.75, 3.05) is 4.90 Å². The number of rotatable bonds is 6. The molecule has 0 radical (unpaired) electrons. The molecule has 0 saturated heterocycles. The first-order chi connectivity index (χ1) is 14.1. The van der Waals surface area contributed by atoms with Gasteiger partial charge in [0.15, 0.2) is 5.13 Å². The largest absolute Gasteiger partial charge is 0.487 e. The Hall–Kier alpha value is -3.52. The zero-order chi connectivity index (χ0) is 20.2. The van der Waals surface area contributed by atoms with Crippen molar-refractivity contribution < 1.29 is 13.9 Å². The molecule has 7 nitrogen and oxygen atoms in total. The molecule has 146 valence electrons. The average molecular weight is 406 g/mol. The van der Waals surface area contributed by atoms with E-state index < -0.39 is 0 Å². The third-order valence-corrected chi connectivity index (χ3v) is 5.03. The molecule has 29 heavy (non-hydrogen) atoms. The van der Waals surface area contributed by atoms with Crippen LogP contribution < -0.4 is 9.64 Å². The van der Waals surface area contributed by atoms with E-state index in [2.05, 4.69) is 15.2 Å². The van der Waals surface area contributed by atoms with Gasteiger partial charge in [0.25, 0.3) is 0 Å². The van der Waals surface area contributed by atoms with E-state index in [4.69, 9.17) is 9.15 Å². The molecule has 0 bridgehead atoms. The Kier molecular flexibility index (Phi) is 5.35. The number of aromatic nitrogens is 3. The smallest absolute Gasteiger partial charge is 0.247 e. The van der Waals surface area contributed by atoms with Crippen molar-refractivity contribution >= 4 is 28.1 Å². The van der Waals surface area contributed by atoms with Gasteiger partial charge < -0.3 is 9.15 Å². The van der Waals surface area contributed by atoms with Crippen LogP contribution in [-0.2, 0) is 11.4 Å². The second-order valence-corrected chi connectivity index (χ2v) is 7.21. The molecule has 0 aliphatic carbocycles. The van der Waals surface area contributed by atoms with Crippen LogP contribution in [0.15, 0.2) is 64.7 Å². The number of thiazole rings is 1. The summed E-state index contributed by atoms with van der Waals surface area (Å²) in [6, 6.07) is 15.2. The van der Waals surface area contributed by atoms with Crippen LogP contribution in [0.2, 0.25) is 0 Å². The van der Waals surface area contributed by atoms with Crippen molar-refractivity contribution in [3.63, 3.8) is 0 Å². The summed E-state index contributed by atoms with van der Waals surface area (Å²) in [4.78, 5) is 18.4. The van der Waals surface area contributed by atoms with E-state index in [1.165, 1.54) is 24.7 Å². The topological polar surface area (TPSA) is 81.4 Å². The number of carbonyl (C=O) groups is 1. The van der Waals surface area contributed by atoms with Crippen LogP contribution in [0.5, 0.6) is 5.75 Å². The van der Waals surface area contributed by atoms with E-state index in [0.29, 0.717) is 23.4 Å². The van der Waals surface area contributed by atoms with E-state index in [9.17, 15) is 4.79 Å². The van der Waals surface area contributed by atoms with Gasteiger partial charge in [-0.3, -0.25) is 9.69 Å². The summed E-state index contributed by atoms with van der Waals surface area (Å²) in [6.45, 7) is 3.83. The van der Waals surface area contributed by atoms with Crippen LogP contribution in [0.3, 0.4) is 0 Å². The Bertz CT molecular complexity index is 1110. The van der Waals surface area contributed by atoms with Gasteiger partial charge in [-0.1, -0.05) is 12.1 Å². The van der Waals surface area contributed by atoms with Gasteiger partial charge in [-0.15, -0.1) is 21.5 Å². The highest BCUT2D eigenvalue weighted by molar-refractivity contribution is 7.14. The minimum atomic E-state index is -0.0889. The van der Waals surface area contributed by atoms with Gasteiger partial charge in [0, 0.05) is 17.9 Å². The van der Waals surface area contributed by atoms with E-state index in [1.807, 2.05) is 60.8 Å². The number of hydrogen-bond donors (Lipinski definition) is 0. The fraction of sp³-hybridized carbons (Fsp3) is 0.143. The first-order valence-electron chi connectivity index (χ1n) is 8.91. The second kappa shape index (κ2) is 8.24. The van der Waals surface area contributed by atoms with Crippen molar-refractivity contribution in [2.24, 2.45) is 0 Å². The van der Waals surface area contributed by atoms with Gasteiger partial charge in [-0.25, -0.2) is 4.98 Å². The molecule has 2 aromatic heterocycles. The van der Waals surface area contributed by atoms with Crippen LogP contribution in [0, 0.1) is 6.92 Å². The highest BCUT2D eigenvalue weighted by Crippen LogP contribution is 2.30. The van der Waals surface area contributed by atoms with Crippen LogP contribution in [0.1, 0.15) is 18.2 Å². The van der Waals surface area contributed by atoms with Gasteiger partial charge in [-0.2, -0.15) is 0 Å². The molecule has 4 rings (SSSR count). The van der Waals surface area contributed by atoms with Gasteiger partial charge in [0.2, 0.25) is 18.2 Å². The summed E-state index contributed by atoms with van der Waals surface area (Å²) in [5.41, 5.74) is 3.46. The zero-order valence-electron chi connectivity index (χ0n) is 15.9. The van der Waals surface area contributed by atoms with Crippen molar-refractivity contribution in [1.82, 2.24) is 15.2 Å².